The average Bonchev–Trinajstić information content (AvgIpc) is 2.68. The standard InChI is InChI=1S/C22H29N3OS/c1-4-24-11-13-25(14-12-24)20-10-9-19(15-18(20)3)23-22(26)16-27-21-8-6-5-7-17(21)2/h5-10,15H,4,11-14,16H2,1-3H3,(H,23,26). The van der Waals surface area contributed by atoms with Crippen molar-refractivity contribution in [1.29, 1.82) is 0 Å². The first-order valence-corrected chi connectivity index (χ1v) is 10.6. The number of nitrogens with one attached hydrogen (secondary N) is 1. The van der Waals surface area contributed by atoms with E-state index >= 15 is 0 Å². The van der Waals surface area contributed by atoms with Gasteiger partial charge in [-0.15, -0.1) is 11.8 Å². The number of aryl methyl sites for hydroxylation is 2. The van der Waals surface area contributed by atoms with E-state index in [-0.39, 0.29) is 5.91 Å². The number of benzene rings is 2. The number of nitrogens with zero attached hydrogens (tertiary/aromatic N) is 2. The summed E-state index contributed by atoms with van der Waals surface area (Å²) in [5.74, 6) is 0.455. The van der Waals surface area contributed by atoms with Crippen LogP contribution in [-0.4, -0.2) is 49.3 Å². The van der Waals surface area contributed by atoms with E-state index in [9.17, 15) is 4.79 Å². The number of hydrogen-bond acceptors (Lipinski definition) is 4. The molecule has 144 valence electrons. The van der Waals surface area contributed by atoms with Gasteiger partial charge >= 0.3 is 0 Å². The summed E-state index contributed by atoms with van der Waals surface area (Å²) in [5.41, 5.74) is 4.57. The molecule has 1 fully saturated rings. The van der Waals surface area contributed by atoms with Crippen molar-refractivity contribution >= 4 is 29.0 Å². The first-order chi connectivity index (χ1) is 13.1. The van der Waals surface area contributed by atoms with Crippen LogP contribution in [-0.2, 0) is 4.79 Å². The number of carbonyl (C=O) groups excluding carboxylic acids is 1. The van der Waals surface area contributed by atoms with E-state index in [1.165, 1.54) is 16.8 Å². The van der Waals surface area contributed by atoms with Gasteiger partial charge in [0.2, 0.25) is 5.91 Å². The minimum atomic E-state index is 0.0342. The fourth-order valence-corrected chi connectivity index (χ4v) is 4.28. The number of anilines is 2. The predicted octanol–water partition coefficient (Wildman–Crippen LogP) is 4.18. The van der Waals surface area contributed by atoms with Gasteiger partial charge in [-0.3, -0.25) is 4.79 Å². The number of thioether (sulfide) groups is 1. The van der Waals surface area contributed by atoms with Gasteiger partial charge in [-0.1, -0.05) is 25.1 Å². The largest absolute Gasteiger partial charge is 0.369 e. The van der Waals surface area contributed by atoms with Crippen molar-refractivity contribution in [1.82, 2.24) is 4.90 Å². The third kappa shape index (κ3) is 5.27. The van der Waals surface area contributed by atoms with Crippen molar-refractivity contribution in [2.24, 2.45) is 0 Å². The van der Waals surface area contributed by atoms with Crippen molar-refractivity contribution in [3.05, 3.63) is 53.6 Å². The van der Waals surface area contributed by atoms with Crippen LogP contribution in [0.4, 0.5) is 11.4 Å². The third-order valence-corrected chi connectivity index (χ3v) is 6.27. The Morgan fingerprint density at radius 2 is 1.78 bits per heavy atom. The molecule has 2 aromatic rings. The number of rotatable bonds is 6. The minimum absolute atomic E-state index is 0.0342. The second kappa shape index (κ2) is 9.29. The molecular weight excluding hydrogens is 354 g/mol. The van der Waals surface area contributed by atoms with Gasteiger partial charge in [0.1, 0.15) is 0 Å². The molecule has 4 nitrogen and oxygen atoms in total. The van der Waals surface area contributed by atoms with Crippen molar-refractivity contribution in [2.45, 2.75) is 25.7 Å². The van der Waals surface area contributed by atoms with Crippen molar-refractivity contribution in [2.75, 3.05) is 48.7 Å². The Kier molecular flexibility index (Phi) is 6.80. The first kappa shape index (κ1) is 19.8. The van der Waals surface area contributed by atoms with Gasteiger partial charge in [-0.05, 0) is 55.8 Å². The highest BCUT2D eigenvalue weighted by atomic mass is 32.2. The van der Waals surface area contributed by atoms with Crippen LogP contribution in [0.25, 0.3) is 0 Å². The van der Waals surface area contributed by atoms with Crippen LogP contribution in [0, 0.1) is 13.8 Å². The SMILES string of the molecule is CCN1CCN(c2ccc(NC(=O)CSc3ccccc3C)cc2C)CC1. The number of piperazine rings is 1. The molecule has 0 spiro atoms. The molecule has 0 aromatic heterocycles. The molecule has 0 radical (unpaired) electrons. The molecule has 1 aliphatic heterocycles. The lowest BCUT2D eigenvalue weighted by Gasteiger charge is -2.36. The zero-order chi connectivity index (χ0) is 19.2. The van der Waals surface area contributed by atoms with Crippen LogP contribution in [0.1, 0.15) is 18.1 Å². The van der Waals surface area contributed by atoms with Crippen LogP contribution < -0.4 is 10.2 Å². The lowest BCUT2D eigenvalue weighted by Crippen LogP contribution is -2.46. The highest BCUT2D eigenvalue weighted by Gasteiger charge is 2.17. The topological polar surface area (TPSA) is 35.6 Å². The molecule has 3 rings (SSSR count). The lowest BCUT2D eigenvalue weighted by molar-refractivity contribution is -0.113. The molecule has 0 unspecified atom stereocenters. The summed E-state index contributed by atoms with van der Waals surface area (Å²) in [5, 5.41) is 3.03. The molecule has 0 aliphatic carbocycles. The molecular formula is C22H29N3OS. The molecule has 2 aromatic carbocycles. The summed E-state index contributed by atoms with van der Waals surface area (Å²) >= 11 is 1.58. The Balaban J connectivity index is 1.56. The Morgan fingerprint density at radius 3 is 2.44 bits per heavy atom. The first-order valence-electron chi connectivity index (χ1n) is 9.63. The second-order valence-electron chi connectivity index (χ2n) is 7.02. The quantitative estimate of drug-likeness (QED) is 0.759. The van der Waals surface area contributed by atoms with Gasteiger partial charge in [0.05, 0.1) is 5.75 Å². The Labute approximate surface area is 166 Å². The van der Waals surface area contributed by atoms with Crippen molar-refractivity contribution in [3.63, 3.8) is 0 Å². The number of carbonyl (C=O) groups is 1. The molecule has 0 atom stereocenters. The summed E-state index contributed by atoms with van der Waals surface area (Å²) in [6.45, 7) is 11.9. The van der Waals surface area contributed by atoms with Crippen LogP contribution in [0.5, 0.6) is 0 Å². The Bertz CT molecular complexity index is 785. The van der Waals surface area contributed by atoms with E-state index in [1.54, 1.807) is 11.8 Å². The smallest absolute Gasteiger partial charge is 0.234 e. The molecule has 0 bridgehead atoms. The molecule has 1 heterocycles. The van der Waals surface area contributed by atoms with Crippen molar-refractivity contribution < 1.29 is 4.79 Å². The van der Waals surface area contributed by atoms with Gasteiger partial charge in [-0.25, -0.2) is 0 Å². The number of hydrogen-bond donors (Lipinski definition) is 1. The maximum absolute atomic E-state index is 12.3. The summed E-state index contributed by atoms with van der Waals surface area (Å²) in [6, 6.07) is 14.4. The zero-order valence-electron chi connectivity index (χ0n) is 16.5. The minimum Gasteiger partial charge on any atom is -0.369 e. The summed E-state index contributed by atoms with van der Waals surface area (Å²) in [6.07, 6.45) is 0. The summed E-state index contributed by atoms with van der Waals surface area (Å²) in [7, 11) is 0. The van der Waals surface area contributed by atoms with E-state index in [1.807, 2.05) is 18.2 Å². The molecule has 1 aliphatic rings. The van der Waals surface area contributed by atoms with Gasteiger partial charge in [0.15, 0.2) is 0 Å². The molecule has 1 N–H and O–H groups in total. The third-order valence-electron chi connectivity index (χ3n) is 5.09. The molecule has 1 saturated heterocycles. The van der Waals surface area contributed by atoms with Crippen LogP contribution >= 0.6 is 11.8 Å². The average molecular weight is 384 g/mol. The normalized spacial score (nSPS) is 15.0. The predicted molar refractivity (Wildman–Crippen MR) is 116 cm³/mol. The van der Waals surface area contributed by atoms with Crippen molar-refractivity contribution in [3.8, 4) is 0 Å². The van der Waals surface area contributed by atoms with Gasteiger partial charge < -0.3 is 15.1 Å². The number of likely N-dealkylation sites (N-methyl/N-ethyl adjacent to an activating group) is 1. The Morgan fingerprint density at radius 1 is 1.04 bits per heavy atom. The molecule has 0 saturated carbocycles. The van der Waals surface area contributed by atoms with Crippen LogP contribution in [0.2, 0.25) is 0 Å². The molecule has 27 heavy (non-hydrogen) atoms. The van der Waals surface area contributed by atoms with Gasteiger partial charge in [0.25, 0.3) is 0 Å². The van der Waals surface area contributed by atoms with E-state index < -0.39 is 0 Å². The van der Waals surface area contributed by atoms with E-state index in [0.717, 1.165) is 43.3 Å². The van der Waals surface area contributed by atoms with Crippen LogP contribution in [0.15, 0.2) is 47.4 Å². The maximum atomic E-state index is 12.3. The Hall–Kier alpha value is -1.98. The molecule has 5 heteroatoms. The lowest BCUT2D eigenvalue weighted by atomic mass is 10.1. The maximum Gasteiger partial charge on any atom is 0.234 e. The highest BCUT2D eigenvalue weighted by Crippen LogP contribution is 2.26. The van der Waals surface area contributed by atoms with E-state index in [2.05, 4.69) is 60.2 Å². The van der Waals surface area contributed by atoms with E-state index in [0.29, 0.717) is 5.75 Å². The summed E-state index contributed by atoms with van der Waals surface area (Å²) in [4.78, 5) is 18.4. The van der Waals surface area contributed by atoms with Gasteiger partial charge in [-0.2, -0.15) is 0 Å². The second-order valence-corrected chi connectivity index (χ2v) is 8.04. The fraction of sp³-hybridized carbons (Fsp3) is 0.409. The monoisotopic (exact) mass is 383 g/mol. The number of amides is 1. The fourth-order valence-electron chi connectivity index (χ4n) is 3.45. The highest BCUT2D eigenvalue weighted by molar-refractivity contribution is 8.00. The van der Waals surface area contributed by atoms with Gasteiger partial charge in [0, 0.05) is 42.4 Å². The zero-order valence-corrected chi connectivity index (χ0v) is 17.3. The summed E-state index contributed by atoms with van der Waals surface area (Å²) < 4.78 is 0. The van der Waals surface area contributed by atoms with E-state index in [4.69, 9.17) is 0 Å². The molecule has 1 amide bonds. The van der Waals surface area contributed by atoms with Crippen LogP contribution in [0.3, 0.4) is 0 Å².